The lowest BCUT2D eigenvalue weighted by Crippen LogP contribution is -2.68. The highest BCUT2D eigenvalue weighted by molar-refractivity contribution is 7.17. The van der Waals surface area contributed by atoms with Gasteiger partial charge >= 0.3 is 0 Å². The molecule has 0 saturated carbocycles. The van der Waals surface area contributed by atoms with Crippen molar-refractivity contribution in [2.45, 2.75) is 51.9 Å². The molecule has 0 aliphatic heterocycles. The van der Waals surface area contributed by atoms with Crippen molar-refractivity contribution < 1.29 is 0 Å². The van der Waals surface area contributed by atoms with Crippen molar-refractivity contribution >= 4 is 55.3 Å². The third kappa shape index (κ3) is 6.70. The number of rotatable bonds is 12. The zero-order valence-electron chi connectivity index (χ0n) is 34.4. The predicted octanol–water partition coefficient (Wildman–Crippen LogP) is 9.90. The molecule has 0 spiro atoms. The largest absolute Gasteiger partial charge is 0.179 e. The Morgan fingerprint density at radius 1 is 0.333 bits per heavy atom. The van der Waals surface area contributed by atoms with Crippen molar-refractivity contribution in [2.75, 3.05) is 0 Å². The van der Waals surface area contributed by atoms with Crippen molar-refractivity contribution in [1.29, 1.82) is 0 Å². The molecule has 8 rings (SSSR count). The quantitative estimate of drug-likeness (QED) is 0.0856. The Labute approximate surface area is 345 Å². The van der Waals surface area contributed by atoms with Crippen LogP contribution in [0.15, 0.2) is 228 Å². The average molecular weight is 789 g/mol. The maximum absolute atomic E-state index is 2.81. The molecule has 0 N–H and O–H groups in total. The lowest BCUT2D eigenvalue weighted by molar-refractivity contribution is 0.725. The van der Waals surface area contributed by atoms with Crippen molar-refractivity contribution in [3.05, 3.63) is 228 Å². The van der Waals surface area contributed by atoms with Crippen LogP contribution in [0.3, 0.4) is 0 Å². The van der Waals surface area contributed by atoms with Gasteiger partial charge in [0.15, 0.2) is 16.1 Å². The summed E-state index contributed by atoms with van der Waals surface area (Å²) in [7, 11) is -7.52. The van der Waals surface area contributed by atoms with Gasteiger partial charge in [0.1, 0.15) is 0 Å². The third-order valence-corrected chi connectivity index (χ3v) is 26.9. The predicted molar refractivity (Wildman–Crippen MR) is 255 cm³/mol. The Balaban J connectivity index is 1.36. The molecule has 6 aromatic rings. The standard InChI is InChI=1S/C54H56Si3/c1-41(2)51-37-49(56(43-25-13-7-14-26-43,44-27-15-8-16-28-44)45-29-17-9-18-30-45)39-53(51)55(5,6)54-40-50(38-52(54)42(3)4)57(46-31-19-10-20-32-46,47-33-21-11-22-34-47)48-35-23-12-24-36-48/h7-42,53-54H,1-6H3. The molecule has 0 fully saturated rings. The van der Waals surface area contributed by atoms with Gasteiger partial charge in [-0.15, -0.1) is 0 Å². The maximum atomic E-state index is 2.81. The van der Waals surface area contributed by atoms with Gasteiger partial charge in [0.05, 0.1) is 8.07 Å². The van der Waals surface area contributed by atoms with Crippen LogP contribution < -0.4 is 31.1 Å². The summed E-state index contributed by atoms with van der Waals surface area (Å²) in [5.41, 5.74) is 4.03. The Kier molecular flexibility index (Phi) is 10.9. The van der Waals surface area contributed by atoms with Crippen molar-refractivity contribution in [3.63, 3.8) is 0 Å². The van der Waals surface area contributed by atoms with Crippen LogP contribution in [0.4, 0.5) is 0 Å². The van der Waals surface area contributed by atoms with Gasteiger partial charge in [0, 0.05) is 0 Å². The molecule has 0 bridgehead atoms. The Bertz CT molecular complexity index is 2040. The van der Waals surface area contributed by atoms with Crippen LogP contribution in [0.25, 0.3) is 0 Å². The van der Waals surface area contributed by atoms with Gasteiger partial charge in [-0.05, 0) is 64.4 Å². The number of hydrogen-bond acceptors (Lipinski definition) is 0. The molecule has 2 aliphatic carbocycles. The van der Waals surface area contributed by atoms with Gasteiger partial charge in [0.25, 0.3) is 0 Å². The molecule has 284 valence electrons. The minimum atomic E-state index is -2.67. The first-order chi connectivity index (χ1) is 27.7. The van der Waals surface area contributed by atoms with Gasteiger partial charge in [-0.2, -0.15) is 0 Å². The minimum absolute atomic E-state index is 0.402. The van der Waals surface area contributed by atoms with Crippen LogP contribution in [-0.4, -0.2) is 24.2 Å². The van der Waals surface area contributed by atoms with E-state index in [1.807, 2.05) is 0 Å². The smallest absolute Gasteiger partial charge is 0.0797 e. The molecular formula is C54H56Si3. The van der Waals surface area contributed by atoms with Gasteiger partial charge in [-0.3, -0.25) is 0 Å². The highest BCUT2D eigenvalue weighted by atomic mass is 28.3. The first-order valence-electron chi connectivity index (χ1n) is 20.9. The van der Waals surface area contributed by atoms with Crippen molar-refractivity contribution in [1.82, 2.24) is 0 Å². The normalized spacial score (nSPS) is 17.3. The van der Waals surface area contributed by atoms with E-state index in [1.54, 1.807) is 21.5 Å². The molecule has 57 heavy (non-hydrogen) atoms. The second-order valence-corrected chi connectivity index (χ2v) is 29.8. The van der Waals surface area contributed by atoms with E-state index >= 15 is 0 Å². The zero-order chi connectivity index (χ0) is 39.6. The second kappa shape index (κ2) is 16.1. The van der Waals surface area contributed by atoms with E-state index in [4.69, 9.17) is 0 Å². The molecule has 0 radical (unpaired) electrons. The SMILES string of the molecule is CC(C)C1=CC([Si](c2ccccc2)(c2ccccc2)c2ccccc2)=CC1[Si](C)(C)C1C=C([Si](c2ccccc2)(c2ccccc2)c2ccccc2)C=C1C(C)C. The highest BCUT2D eigenvalue weighted by Crippen LogP contribution is 2.53. The van der Waals surface area contributed by atoms with Gasteiger partial charge in [0.2, 0.25) is 0 Å². The summed E-state index contributed by atoms with van der Waals surface area (Å²) in [5.74, 6) is 0.875. The molecule has 0 aromatic heterocycles. The first kappa shape index (κ1) is 38.8. The summed E-state index contributed by atoms with van der Waals surface area (Å²) < 4.78 is 0. The van der Waals surface area contributed by atoms with Crippen molar-refractivity contribution in [3.8, 4) is 0 Å². The number of benzene rings is 6. The average Bonchev–Trinajstić information content (AvgIpc) is 3.92. The fourth-order valence-electron chi connectivity index (χ4n) is 10.3. The van der Waals surface area contributed by atoms with Crippen LogP contribution >= 0.6 is 0 Å². The number of hydrogen-bond donors (Lipinski definition) is 0. The van der Waals surface area contributed by atoms with Gasteiger partial charge < -0.3 is 0 Å². The fourth-order valence-corrected chi connectivity index (χ4v) is 24.6. The van der Waals surface area contributed by atoms with E-state index < -0.39 is 24.2 Å². The molecule has 0 heterocycles. The summed E-state index contributed by atoms with van der Waals surface area (Å²) in [6, 6.07) is 68.8. The third-order valence-electron chi connectivity index (χ3n) is 13.1. The molecule has 3 heteroatoms. The monoisotopic (exact) mass is 788 g/mol. The fraction of sp³-hybridized carbons (Fsp3) is 0.185. The van der Waals surface area contributed by atoms with Gasteiger partial charge in [-0.25, -0.2) is 0 Å². The van der Waals surface area contributed by atoms with Crippen LogP contribution in [0.2, 0.25) is 24.2 Å². The summed E-state index contributed by atoms with van der Waals surface area (Å²) in [5, 5.41) is 11.8. The van der Waals surface area contributed by atoms with Crippen LogP contribution in [0.1, 0.15) is 27.7 Å². The summed E-state index contributed by atoms with van der Waals surface area (Å²) >= 11 is 0. The van der Waals surface area contributed by atoms with E-state index in [-0.39, 0.29) is 0 Å². The molecule has 0 saturated heterocycles. The molecule has 2 atom stereocenters. The lowest BCUT2D eigenvalue weighted by atomic mass is 10.0. The lowest BCUT2D eigenvalue weighted by Gasteiger charge is -2.39. The first-order valence-corrected chi connectivity index (χ1v) is 28.1. The Hall–Kier alpha value is -5.07. The van der Waals surface area contributed by atoms with E-state index in [0.717, 1.165) is 0 Å². The van der Waals surface area contributed by atoms with Crippen LogP contribution in [0, 0.1) is 11.8 Å². The highest BCUT2D eigenvalue weighted by Gasteiger charge is 2.52. The Morgan fingerprint density at radius 3 is 0.737 bits per heavy atom. The summed E-state index contributed by atoms with van der Waals surface area (Å²) in [4.78, 5) is 0. The van der Waals surface area contributed by atoms with E-state index in [1.165, 1.54) is 31.1 Å². The minimum Gasteiger partial charge on any atom is -0.0797 e. The molecule has 2 aliphatic rings. The Morgan fingerprint density at radius 2 is 0.544 bits per heavy atom. The van der Waals surface area contributed by atoms with Crippen molar-refractivity contribution in [2.24, 2.45) is 11.8 Å². The van der Waals surface area contributed by atoms with E-state index in [2.05, 4.69) is 247 Å². The molecular weight excluding hydrogens is 733 g/mol. The number of allylic oxidation sites excluding steroid dienone is 8. The maximum Gasteiger partial charge on any atom is 0.179 e. The zero-order valence-corrected chi connectivity index (χ0v) is 37.4. The summed E-state index contributed by atoms with van der Waals surface area (Å²) in [6.07, 6.45) is 11.0. The van der Waals surface area contributed by atoms with Crippen LogP contribution in [0.5, 0.6) is 0 Å². The van der Waals surface area contributed by atoms with Crippen LogP contribution in [-0.2, 0) is 0 Å². The van der Waals surface area contributed by atoms with E-state index in [0.29, 0.717) is 22.9 Å². The topological polar surface area (TPSA) is 0 Å². The second-order valence-electron chi connectivity index (χ2n) is 17.3. The van der Waals surface area contributed by atoms with Gasteiger partial charge in [-0.1, -0.05) is 258 Å². The molecule has 2 unspecified atom stereocenters. The molecule has 0 nitrogen and oxygen atoms in total. The molecule has 0 amide bonds. The summed E-state index contributed by atoms with van der Waals surface area (Å²) in [6.45, 7) is 15.2. The van der Waals surface area contributed by atoms with E-state index in [9.17, 15) is 0 Å². The molecule has 6 aromatic carbocycles.